The van der Waals surface area contributed by atoms with Gasteiger partial charge in [-0.1, -0.05) is 12.8 Å². The molecule has 2 aliphatic heterocycles. The Kier molecular flexibility index (Phi) is 4.54. The zero-order valence-electron chi connectivity index (χ0n) is 15.1. The molecule has 3 heterocycles. The van der Waals surface area contributed by atoms with Gasteiger partial charge in [0.15, 0.2) is 0 Å². The molecule has 1 aliphatic carbocycles. The minimum absolute atomic E-state index is 0.0415. The van der Waals surface area contributed by atoms with Gasteiger partial charge in [0, 0.05) is 37.4 Å². The molecule has 1 aromatic heterocycles. The van der Waals surface area contributed by atoms with E-state index >= 15 is 0 Å². The summed E-state index contributed by atoms with van der Waals surface area (Å²) in [5, 5.41) is 0. The minimum atomic E-state index is -0.405. The first kappa shape index (κ1) is 17.2. The van der Waals surface area contributed by atoms with Crippen molar-refractivity contribution in [2.45, 2.75) is 57.4 Å². The van der Waals surface area contributed by atoms with Crippen LogP contribution in [0.25, 0.3) is 0 Å². The molecule has 26 heavy (non-hydrogen) atoms. The van der Waals surface area contributed by atoms with Crippen molar-refractivity contribution >= 4 is 11.8 Å². The lowest BCUT2D eigenvalue weighted by Crippen LogP contribution is -2.53. The van der Waals surface area contributed by atoms with Gasteiger partial charge in [-0.05, 0) is 32.1 Å². The van der Waals surface area contributed by atoms with Crippen LogP contribution in [-0.4, -0.2) is 57.3 Å². The molecule has 140 valence electrons. The van der Waals surface area contributed by atoms with E-state index in [0.717, 1.165) is 38.6 Å². The zero-order valence-corrected chi connectivity index (χ0v) is 15.1. The summed E-state index contributed by atoms with van der Waals surface area (Å²) < 4.78 is 0. The smallest absolute Gasteiger partial charge is 0.254 e. The molecule has 7 nitrogen and oxygen atoms in total. The molecule has 1 saturated carbocycles. The molecular weight excluding hydrogens is 332 g/mol. The van der Waals surface area contributed by atoms with Crippen molar-refractivity contribution < 1.29 is 9.59 Å². The lowest BCUT2D eigenvalue weighted by molar-refractivity contribution is -0.148. The van der Waals surface area contributed by atoms with Gasteiger partial charge in [-0.25, -0.2) is 4.98 Å². The number of likely N-dealkylation sites (tertiary alicyclic amines) is 2. The van der Waals surface area contributed by atoms with Crippen molar-refractivity contribution in [2.75, 3.05) is 19.6 Å². The minimum Gasteiger partial charge on any atom is -0.341 e. The Labute approximate surface area is 152 Å². The molecule has 0 aromatic carbocycles. The summed E-state index contributed by atoms with van der Waals surface area (Å²) in [7, 11) is 0. The first-order valence-electron chi connectivity index (χ1n) is 9.69. The van der Waals surface area contributed by atoms with Gasteiger partial charge in [-0.2, -0.15) is 0 Å². The summed E-state index contributed by atoms with van der Waals surface area (Å²) in [5.41, 5.74) is -0.304. The van der Waals surface area contributed by atoms with Crippen molar-refractivity contribution in [3.63, 3.8) is 0 Å². The van der Waals surface area contributed by atoms with Crippen LogP contribution in [-0.2, 0) is 16.0 Å². The van der Waals surface area contributed by atoms with Crippen molar-refractivity contribution in [1.29, 1.82) is 0 Å². The number of nitrogens with one attached hydrogen (secondary N) is 1. The van der Waals surface area contributed by atoms with E-state index in [4.69, 9.17) is 0 Å². The third kappa shape index (κ3) is 3.04. The average Bonchev–Trinajstić information content (AvgIpc) is 3.30. The number of rotatable bonds is 3. The van der Waals surface area contributed by atoms with E-state index in [1.165, 1.54) is 25.4 Å². The molecule has 0 radical (unpaired) electrons. The normalized spacial score (nSPS) is 26.8. The SMILES string of the molecule is O=C(Cc1cnc[nH]c1=O)N1CC[C@]2(CCCN(C3CCCC3)C2=O)C1. The Hall–Kier alpha value is -2.18. The highest BCUT2D eigenvalue weighted by Gasteiger charge is 2.50. The maximum atomic E-state index is 13.2. The molecule has 2 amide bonds. The van der Waals surface area contributed by atoms with Crippen LogP contribution in [0.5, 0.6) is 0 Å². The summed E-state index contributed by atoms with van der Waals surface area (Å²) >= 11 is 0. The number of amides is 2. The van der Waals surface area contributed by atoms with Crippen LogP contribution >= 0.6 is 0 Å². The van der Waals surface area contributed by atoms with Crippen molar-refractivity contribution in [1.82, 2.24) is 19.8 Å². The second-order valence-corrected chi connectivity index (χ2v) is 7.97. The Morgan fingerprint density at radius 1 is 1.19 bits per heavy atom. The predicted octanol–water partition coefficient (Wildman–Crippen LogP) is 1.10. The Morgan fingerprint density at radius 2 is 2.00 bits per heavy atom. The fourth-order valence-corrected chi connectivity index (χ4v) is 4.90. The van der Waals surface area contributed by atoms with Gasteiger partial charge in [0.25, 0.3) is 5.56 Å². The van der Waals surface area contributed by atoms with Gasteiger partial charge >= 0.3 is 0 Å². The van der Waals surface area contributed by atoms with Gasteiger partial charge in [0.05, 0.1) is 18.2 Å². The second-order valence-electron chi connectivity index (χ2n) is 7.97. The van der Waals surface area contributed by atoms with Gasteiger partial charge in [-0.15, -0.1) is 0 Å². The van der Waals surface area contributed by atoms with Crippen LogP contribution in [0.15, 0.2) is 17.3 Å². The summed E-state index contributed by atoms with van der Waals surface area (Å²) in [6, 6.07) is 0.401. The molecule has 0 bridgehead atoms. The van der Waals surface area contributed by atoms with E-state index < -0.39 is 5.41 Å². The fraction of sp³-hybridized carbons (Fsp3) is 0.684. The van der Waals surface area contributed by atoms with Crippen molar-refractivity contribution in [3.05, 3.63) is 28.4 Å². The van der Waals surface area contributed by atoms with Gasteiger partial charge in [-0.3, -0.25) is 14.4 Å². The predicted molar refractivity (Wildman–Crippen MR) is 95.4 cm³/mol. The molecule has 3 aliphatic rings. The lowest BCUT2D eigenvalue weighted by Gasteiger charge is -2.42. The molecule has 4 rings (SSSR count). The quantitative estimate of drug-likeness (QED) is 0.876. The summed E-state index contributed by atoms with van der Waals surface area (Å²) in [6.07, 6.45) is 10.1. The van der Waals surface area contributed by atoms with E-state index in [-0.39, 0.29) is 23.8 Å². The summed E-state index contributed by atoms with van der Waals surface area (Å²) in [4.78, 5) is 47.9. The fourth-order valence-electron chi connectivity index (χ4n) is 4.90. The van der Waals surface area contributed by atoms with Crippen LogP contribution < -0.4 is 5.56 Å². The number of aromatic nitrogens is 2. The van der Waals surface area contributed by atoms with E-state index in [0.29, 0.717) is 24.7 Å². The second kappa shape index (κ2) is 6.85. The number of hydrogen-bond acceptors (Lipinski definition) is 4. The highest BCUT2D eigenvalue weighted by molar-refractivity contribution is 5.86. The third-order valence-corrected chi connectivity index (χ3v) is 6.37. The highest BCUT2D eigenvalue weighted by atomic mass is 16.2. The van der Waals surface area contributed by atoms with Gasteiger partial charge < -0.3 is 14.8 Å². The number of H-pyrrole nitrogens is 1. The zero-order chi connectivity index (χ0) is 18.1. The first-order chi connectivity index (χ1) is 12.6. The largest absolute Gasteiger partial charge is 0.341 e. The molecule has 1 spiro atoms. The monoisotopic (exact) mass is 358 g/mol. The number of hydrogen-bond donors (Lipinski definition) is 1. The summed E-state index contributed by atoms with van der Waals surface area (Å²) in [5.74, 6) is 0.163. The topological polar surface area (TPSA) is 86.4 Å². The molecule has 3 fully saturated rings. The Balaban J connectivity index is 1.45. The maximum absolute atomic E-state index is 13.2. The number of piperidine rings is 1. The number of nitrogens with zero attached hydrogens (tertiary/aromatic N) is 3. The summed E-state index contributed by atoms with van der Waals surface area (Å²) in [6.45, 7) is 1.96. The van der Waals surface area contributed by atoms with Crippen LogP contribution in [0, 0.1) is 5.41 Å². The third-order valence-electron chi connectivity index (χ3n) is 6.37. The van der Waals surface area contributed by atoms with Crippen molar-refractivity contribution in [3.8, 4) is 0 Å². The molecule has 7 heteroatoms. The van der Waals surface area contributed by atoms with E-state index in [1.807, 2.05) is 0 Å². The molecule has 1 aromatic rings. The van der Waals surface area contributed by atoms with Crippen LogP contribution in [0.2, 0.25) is 0 Å². The number of aromatic amines is 1. The Bertz CT molecular complexity index is 755. The van der Waals surface area contributed by atoms with E-state index in [1.54, 1.807) is 4.90 Å². The molecular formula is C19H26N4O3. The van der Waals surface area contributed by atoms with Gasteiger partial charge in [0.2, 0.25) is 11.8 Å². The van der Waals surface area contributed by atoms with Crippen molar-refractivity contribution in [2.24, 2.45) is 5.41 Å². The standard InChI is InChI=1S/C19H26N4O3/c24-16(10-14-11-20-13-21-17(14)25)22-9-7-19(12-22)6-3-8-23(18(19)26)15-4-1-2-5-15/h11,13,15H,1-10,12H2,(H,20,21,25)/t19-/m1/s1. The molecule has 1 atom stereocenters. The van der Waals surface area contributed by atoms with Crippen LogP contribution in [0.4, 0.5) is 0 Å². The van der Waals surface area contributed by atoms with Gasteiger partial charge in [0.1, 0.15) is 0 Å². The Morgan fingerprint density at radius 3 is 2.77 bits per heavy atom. The molecule has 2 saturated heterocycles. The highest BCUT2D eigenvalue weighted by Crippen LogP contribution is 2.42. The van der Waals surface area contributed by atoms with E-state index in [2.05, 4.69) is 14.9 Å². The van der Waals surface area contributed by atoms with Crippen LogP contribution in [0.3, 0.4) is 0 Å². The number of carbonyl (C=O) groups is 2. The van der Waals surface area contributed by atoms with E-state index in [9.17, 15) is 14.4 Å². The first-order valence-corrected chi connectivity index (χ1v) is 9.69. The number of carbonyl (C=O) groups excluding carboxylic acids is 2. The van der Waals surface area contributed by atoms with Crippen LogP contribution in [0.1, 0.15) is 50.5 Å². The maximum Gasteiger partial charge on any atom is 0.254 e. The average molecular weight is 358 g/mol. The molecule has 1 N–H and O–H groups in total. The molecule has 0 unspecified atom stereocenters. The lowest BCUT2D eigenvalue weighted by atomic mass is 9.77.